The van der Waals surface area contributed by atoms with Gasteiger partial charge in [-0.25, -0.2) is 8.42 Å². The summed E-state index contributed by atoms with van der Waals surface area (Å²) < 4.78 is 31.7. The number of nitro benzene ring substituents is 1. The van der Waals surface area contributed by atoms with Gasteiger partial charge in [-0.05, 0) is 18.6 Å². The molecule has 116 valence electrons. The van der Waals surface area contributed by atoms with E-state index in [9.17, 15) is 18.5 Å². The lowest BCUT2D eigenvalue weighted by Crippen LogP contribution is -2.33. The highest BCUT2D eigenvalue weighted by Crippen LogP contribution is 2.33. The number of hydrazine groups is 1. The van der Waals surface area contributed by atoms with Gasteiger partial charge in [0.05, 0.1) is 11.5 Å². The Labute approximate surface area is 121 Å². The Morgan fingerprint density at radius 2 is 2.10 bits per heavy atom. The summed E-state index contributed by atoms with van der Waals surface area (Å²) in [6.07, 6.45) is 0.544. The quantitative estimate of drug-likeness (QED) is 0.464. The van der Waals surface area contributed by atoms with Gasteiger partial charge < -0.3 is 10.2 Å². The zero-order chi connectivity index (χ0) is 15.5. The molecule has 1 aliphatic rings. The number of nitro groups is 1. The van der Waals surface area contributed by atoms with Crippen LogP contribution in [-0.2, 0) is 14.8 Å². The van der Waals surface area contributed by atoms with Gasteiger partial charge in [0.15, 0.2) is 4.90 Å². The first-order chi connectivity index (χ1) is 9.98. The summed E-state index contributed by atoms with van der Waals surface area (Å²) >= 11 is 0. The maximum atomic E-state index is 12.6. The number of ether oxygens (including phenoxy) is 1. The Kier molecular flexibility index (Phi) is 4.73. The van der Waals surface area contributed by atoms with E-state index in [1.807, 2.05) is 0 Å². The molecule has 1 heterocycles. The number of sulfonamides is 1. The third kappa shape index (κ3) is 3.13. The average Bonchev–Trinajstić information content (AvgIpc) is 2.75. The minimum absolute atomic E-state index is 0.0489. The number of rotatable bonds is 4. The van der Waals surface area contributed by atoms with Gasteiger partial charge in [0.25, 0.3) is 0 Å². The van der Waals surface area contributed by atoms with Gasteiger partial charge in [0, 0.05) is 19.7 Å². The average molecular weight is 316 g/mol. The smallest absolute Gasteiger partial charge is 0.313 e. The number of para-hydroxylation sites is 1. The second kappa shape index (κ2) is 6.35. The van der Waals surface area contributed by atoms with E-state index in [4.69, 9.17) is 10.6 Å². The van der Waals surface area contributed by atoms with Crippen LogP contribution in [0, 0.1) is 10.1 Å². The minimum Gasteiger partial charge on any atom is -0.380 e. The minimum atomic E-state index is -3.98. The van der Waals surface area contributed by atoms with Crippen LogP contribution in [0.15, 0.2) is 23.1 Å². The molecule has 1 aromatic carbocycles. The summed E-state index contributed by atoms with van der Waals surface area (Å²) in [6.45, 7) is 1.17. The van der Waals surface area contributed by atoms with Gasteiger partial charge in [-0.2, -0.15) is 4.31 Å². The first-order valence-corrected chi connectivity index (χ1v) is 7.74. The number of hydrogen-bond acceptors (Lipinski definition) is 7. The summed E-state index contributed by atoms with van der Waals surface area (Å²) in [4.78, 5) is 10.1. The largest absolute Gasteiger partial charge is 0.380 e. The van der Waals surface area contributed by atoms with E-state index in [0.29, 0.717) is 13.0 Å². The highest BCUT2D eigenvalue weighted by atomic mass is 32.2. The molecule has 10 heteroatoms. The van der Waals surface area contributed by atoms with E-state index in [-0.39, 0.29) is 30.3 Å². The van der Waals surface area contributed by atoms with Crippen LogP contribution in [0.3, 0.4) is 0 Å². The molecule has 9 nitrogen and oxygen atoms in total. The van der Waals surface area contributed by atoms with Crippen molar-refractivity contribution >= 4 is 21.4 Å². The van der Waals surface area contributed by atoms with Crippen molar-refractivity contribution in [3.05, 3.63) is 28.3 Å². The van der Waals surface area contributed by atoms with Crippen LogP contribution >= 0.6 is 0 Å². The third-order valence-electron chi connectivity index (χ3n) is 3.14. The zero-order valence-electron chi connectivity index (χ0n) is 11.2. The molecule has 2 rings (SSSR count). The summed E-state index contributed by atoms with van der Waals surface area (Å²) in [5, 5.41) is 11.2. The van der Waals surface area contributed by atoms with E-state index in [0.717, 1.165) is 0 Å². The van der Waals surface area contributed by atoms with Crippen molar-refractivity contribution < 1.29 is 18.1 Å². The van der Waals surface area contributed by atoms with E-state index in [2.05, 4.69) is 5.43 Å². The summed E-state index contributed by atoms with van der Waals surface area (Å²) in [6, 6.07) is 3.96. The van der Waals surface area contributed by atoms with Crippen molar-refractivity contribution in [2.45, 2.75) is 11.3 Å². The lowest BCUT2D eigenvalue weighted by atomic mass is 10.3. The first kappa shape index (κ1) is 15.6. The molecule has 1 fully saturated rings. The zero-order valence-corrected chi connectivity index (χ0v) is 12.0. The number of hydrogen-bond donors (Lipinski definition) is 2. The number of nitrogens with one attached hydrogen (secondary N) is 1. The highest BCUT2D eigenvalue weighted by molar-refractivity contribution is 7.89. The number of nitrogen functional groups attached to an aromatic ring is 1. The first-order valence-electron chi connectivity index (χ1n) is 6.30. The number of nitrogens with two attached hydrogens (primary N) is 1. The van der Waals surface area contributed by atoms with E-state index < -0.39 is 20.6 Å². The molecular formula is C11H16N4O5S. The maximum Gasteiger partial charge on any atom is 0.313 e. The van der Waals surface area contributed by atoms with E-state index in [1.54, 1.807) is 0 Å². The topological polar surface area (TPSA) is 128 Å². The van der Waals surface area contributed by atoms with Crippen LogP contribution in [0.1, 0.15) is 6.42 Å². The van der Waals surface area contributed by atoms with Gasteiger partial charge in [-0.3, -0.25) is 16.0 Å². The highest BCUT2D eigenvalue weighted by Gasteiger charge is 2.33. The lowest BCUT2D eigenvalue weighted by Gasteiger charge is -2.19. The van der Waals surface area contributed by atoms with Gasteiger partial charge in [-0.1, -0.05) is 6.07 Å². The number of nitrogens with zero attached hydrogens (tertiary/aromatic N) is 2. The number of benzene rings is 1. The molecule has 1 aliphatic heterocycles. The molecule has 1 saturated heterocycles. The predicted octanol–water partition coefficient (Wildman–Crippen LogP) is 0.291. The molecule has 1 aromatic rings. The van der Waals surface area contributed by atoms with Crippen LogP contribution in [0.2, 0.25) is 0 Å². The molecule has 0 aliphatic carbocycles. The summed E-state index contributed by atoms with van der Waals surface area (Å²) in [7, 11) is -3.98. The fraction of sp³-hybridized carbons (Fsp3) is 0.455. The Balaban J connectivity index is 2.51. The summed E-state index contributed by atoms with van der Waals surface area (Å²) in [5.74, 6) is 5.22. The molecule has 0 atom stereocenters. The Morgan fingerprint density at radius 3 is 2.76 bits per heavy atom. The van der Waals surface area contributed by atoms with Gasteiger partial charge >= 0.3 is 5.69 Å². The second-order valence-corrected chi connectivity index (χ2v) is 6.33. The third-order valence-corrected chi connectivity index (χ3v) is 5.07. The second-order valence-electron chi connectivity index (χ2n) is 4.42. The fourth-order valence-corrected chi connectivity index (χ4v) is 3.78. The maximum absolute atomic E-state index is 12.6. The number of anilines is 1. The predicted molar refractivity (Wildman–Crippen MR) is 75.1 cm³/mol. The Bertz CT molecular complexity index is 626. The molecule has 0 bridgehead atoms. The molecular weight excluding hydrogens is 300 g/mol. The molecule has 0 unspecified atom stereocenters. The molecule has 21 heavy (non-hydrogen) atoms. The van der Waals surface area contributed by atoms with Crippen molar-refractivity contribution in [1.82, 2.24) is 4.31 Å². The van der Waals surface area contributed by atoms with E-state index in [1.165, 1.54) is 22.5 Å². The summed E-state index contributed by atoms with van der Waals surface area (Å²) in [5.41, 5.74) is 1.56. The van der Waals surface area contributed by atoms with Crippen LogP contribution in [-0.4, -0.2) is 43.9 Å². The molecule has 0 aromatic heterocycles. The molecule has 0 spiro atoms. The van der Waals surface area contributed by atoms with Crippen LogP contribution in [0.4, 0.5) is 11.4 Å². The van der Waals surface area contributed by atoms with Crippen LogP contribution in [0.5, 0.6) is 0 Å². The monoisotopic (exact) mass is 316 g/mol. The van der Waals surface area contributed by atoms with Crippen LogP contribution in [0.25, 0.3) is 0 Å². The standard InChI is InChI=1S/C11H16N4O5S/c12-13-9-3-1-4-10(11(9)15(16)17)21(18,19)14-5-2-7-20-8-6-14/h1,3-4,13H,2,5-8,12H2. The van der Waals surface area contributed by atoms with Gasteiger partial charge in [-0.15, -0.1) is 0 Å². The fourth-order valence-electron chi connectivity index (χ4n) is 2.14. The van der Waals surface area contributed by atoms with Crippen molar-refractivity contribution in [3.8, 4) is 0 Å². The van der Waals surface area contributed by atoms with Gasteiger partial charge in [0.2, 0.25) is 10.0 Å². The van der Waals surface area contributed by atoms with Crippen molar-refractivity contribution in [2.75, 3.05) is 31.7 Å². The SMILES string of the molecule is NNc1cccc(S(=O)(=O)N2CCCOCC2)c1[N+](=O)[O-]. The molecule has 0 amide bonds. The van der Waals surface area contributed by atoms with Crippen molar-refractivity contribution in [1.29, 1.82) is 0 Å². The van der Waals surface area contributed by atoms with Gasteiger partial charge in [0.1, 0.15) is 5.69 Å². The van der Waals surface area contributed by atoms with E-state index >= 15 is 0 Å². The molecule has 3 N–H and O–H groups in total. The normalized spacial score (nSPS) is 17.2. The Morgan fingerprint density at radius 1 is 1.33 bits per heavy atom. The van der Waals surface area contributed by atoms with Crippen molar-refractivity contribution in [3.63, 3.8) is 0 Å². The molecule has 0 saturated carbocycles. The lowest BCUT2D eigenvalue weighted by molar-refractivity contribution is -0.386. The van der Waals surface area contributed by atoms with Crippen LogP contribution < -0.4 is 11.3 Å². The Hall–Kier alpha value is -1.75. The van der Waals surface area contributed by atoms with Crippen molar-refractivity contribution in [2.24, 2.45) is 5.84 Å². The molecule has 0 radical (unpaired) electrons.